The molecule has 1 aliphatic rings. The summed E-state index contributed by atoms with van der Waals surface area (Å²) in [6, 6.07) is 35.6. The minimum absolute atomic E-state index is 0.0794. The molecular weight excluding hydrogens is 756 g/mol. The van der Waals surface area contributed by atoms with Gasteiger partial charge in [0.2, 0.25) is 0 Å². The molecule has 1 aliphatic heterocycles. The summed E-state index contributed by atoms with van der Waals surface area (Å²) < 4.78 is 35.9. The molecule has 2 heterocycles. The number of hydrogen-bond acceptors (Lipinski definition) is 10. The summed E-state index contributed by atoms with van der Waals surface area (Å²) >= 11 is 7.77. The Labute approximate surface area is 329 Å². The summed E-state index contributed by atoms with van der Waals surface area (Å²) in [7, 11) is -2.46. The topological polar surface area (TPSA) is 140 Å². The third-order valence-corrected chi connectivity index (χ3v) is 12.5. The van der Waals surface area contributed by atoms with Crippen molar-refractivity contribution < 1.29 is 18.1 Å². The number of thioether (sulfide) groups is 1. The van der Waals surface area contributed by atoms with Crippen molar-refractivity contribution in [3.63, 3.8) is 0 Å². The van der Waals surface area contributed by atoms with Crippen molar-refractivity contribution in [3.05, 3.63) is 142 Å². The zero-order valence-corrected chi connectivity index (χ0v) is 32.4. The number of nitro benzene ring substituents is 1. The first-order valence-corrected chi connectivity index (χ1v) is 20.6. The molecule has 0 saturated carbocycles. The number of sulfonamides is 1. The monoisotopic (exact) mass is 794 g/mol. The number of nitro groups is 1. The number of methoxy groups -OCH3 is 1. The molecular formula is C41H39ClN6O5S2. The first kappa shape index (κ1) is 38.1. The minimum atomic E-state index is -4.24. The molecule has 1 aromatic heterocycles. The summed E-state index contributed by atoms with van der Waals surface area (Å²) in [5.41, 5.74) is 4.56. The fraction of sp³-hybridized carbons (Fsp3) is 0.220. The number of rotatable bonds is 14. The fourth-order valence-corrected chi connectivity index (χ4v) is 8.88. The van der Waals surface area contributed by atoms with E-state index < -0.39 is 14.9 Å². The van der Waals surface area contributed by atoms with Gasteiger partial charge in [0.05, 0.1) is 20.9 Å². The molecule has 11 nitrogen and oxygen atoms in total. The van der Waals surface area contributed by atoms with Crippen molar-refractivity contribution >= 4 is 67.2 Å². The van der Waals surface area contributed by atoms with Gasteiger partial charge in [-0.25, -0.2) is 18.4 Å². The molecule has 14 heteroatoms. The van der Waals surface area contributed by atoms with Gasteiger partial charge in [-0.3, -0.25) is 14.8 Å². The second kappa shape index (κ2) is 16.7. The number of hydrogen-bond donors (Lipinski definition) is 2. The van der Waals surface area contributed by atoms with E-state index in [-0.39, 0.29) is 27.7 Å². The highest BCUT2D eigenvalue weighted by molar-refractivity contribution is 7.99. The van der Waals surface area contributed by atoms with Crippen molar-refractivity contribution in [2.75, 3.05) is 47.4 Å². The fourth-order valence-electron chi connectivity index (χ4n) is 6.92. The van der Waals surface area contributed by atoms with Crippen LogP contribution in [0, 0.1) is 10.1 Å². The molecule has 1 fully saturated rings. The largest absolute Gasteiger partial charge is 0.379 e. The normalized spacial score (nSPS) is 14.1. The number of fused-ring (bicyclic) bond motifs is 1. The molecule has 0 atom stereocenters. The highest BCUT2D eigenvalue weighted by Gasteiger charge is 2.35. The van der Waals surface area contributed by atoms with E-state index in [1.165, 1.54) is 24.0 Å². The molecule has 0 aliphatic carbocycles. The highest BCUT2D eigenvalue weighted by Crippen LogP contribution is 2.37. The number of nitrogens with one attached hydrogen (secondary N) is 2. The van der Waals surface area contributed by atoms with E-state index in [9.17, 15) is 18.5 Å². The van der Waals surface area contributed by atoms with E-state index in [4.69, 9.17) is 16.3 Å². The van der Waals surface area contributed by atoms with Gasteiger partial charge in [-0.15, -0.1) is 11.8 Å². The molecule has 1 saturated heterocycles. The standard InChI is InChI=1S/C41H39ClN6O5S2/c1-53-41(27-30-7-5-6-10-35(30)29-11-13-31(42)14-12-29)19-22-47(23-20-41)32-15-17-36-38(25-32)44-28-45-40(36)46-55(51,52)34-16-18-37(39(26-34)48(49)50)43-21-24-54-33-8-3-2-4-9-33/h2-18,25-26,28,43H,19-24,27H2,1H3,(H,44,45,46). The van der Waals surface area contributed by atoms with Crippen LogP contribution in [0.4, 0.5) is 22.9 Å². The summed E-state index contributed by atoms with van der Waals surface area (Å²) in [5.74, 6) is 0.744. The van der Waals surface area contributed by atoms with Crippen LogP contribution in [-0.4, -0.2) is 61.4 Å². The van der Waals surface area contributed by atoms with E-state index in [1.54, 1.807) is 24.9 Å². The SMILES string of the molecule is COC1(Cc2ccccc2-c2ccc(Cl)cc2)CCN(c2ccc3c(NS(=O)(=O)c4ccc(NCCSc5ccccc5)c([N+](=O)[O-])c4)ncnc3c2)CC1. The van der Waals surface area contributed by atoms with Gasteiger partial charge in [0, 0.05) is 66.0 Å². The van der Waals surface area contributed by atoms with Gasteiger partial charge in [-0.05, 0) is 84.1 Å². The molecule has 6 aromatic rings. The lowest BCUT2D eigenvalue weighted by Crippen LogP contribution is -2.47. The molecule has 0 unspecified atom stereocenters. The Kier molecular flexibility index (Phi) is 11.5. The number of aromatic nitrogens is 2. The summed E-state index contributed by atoms with van der Waals surface area (Å²) in [6.07, 6.45) is 3.68. The lowest BCUT2D eigenvalue weighted by Gasteiger charge is -2.42. The van der Waals surface area contributed by atoms with Gasteiger partial charge < -0.3 is 15.0 Å². The van der Waals surface area contributed by atoms with Crippen molar-refractivity contribution in [1.29, 1.82) is 0 Å². The summed E-state index contributed by atoms with van der Waals surface area (Å²) in [5, 5.41) is 16.2. The molecule has 0 bridgehead atoms. The van der Waals surface area contributed by atoms with Crippen molar-refractivity contribution in [1.82, 2.24) is 9.97 Å². The highest BCUT2D eigenvalue weighted by atomic mass is 35.5. The van der Waals surface area contributed by atoms with Crippen LogP contribution >= 0.6 is 23.4 Å². The smallest absolute Gasteiger partial charge is 0.293 e. The van der Waals surface area contributed by atoms with Crippen LogP contribution in [0.25, 0.3) is 22.0 Å². The molecule has 5 aromatic carbocycles. The van der Waals surface area contributed by atoms with E-state index in [0.717, 1.165) is 60.1 Å². The predicted octanol–water partition coefficient (Wildman–Crippen LogP) is 9.09. The Bertz CT molecular complexity index is 2410. The number of nitrogens with zero attached hydrogens (tertiary/aromatic N) is 4. The Balaban J connectivity index is 1.03. The van der Waals surface area contributed by atoms with Gasteiger partial charge >= 0.3 is 0 Å². The molecule has 55 heavy (non-hydrogen) atoms. The van der Waals surface area contributed by atoms with Gasteiger partial charge in [0.1, 0.15) is 12.0 Å². The Morgan fingerprint density at radius 3 is 2.42 bits per heavy atom. The Hall–Kier alpha value is -5.21. The van der Waals surface area contributed by atoms with Crippen LogP contribution in [0.2, 0.25) is 5.02 Å². The maximum absolute atomic E-state index is 13.6. The quantitative estimate of drug-likeness (QED) is 0.0475. The molecule has 0 amide bonds. The zero-order chi connectivity index (χ0) is 38.4. The number of benzene rings is 5. The second-order valence-corrected chi connectivity index (χ2v) is 16.6. The van der Waals surface area contributed by atoms with Crippen molar-refractivity contribution in [3.8, 4) is 11.1 Å². The van der Waals surface area contributed by atoms with Crippen LogP contribution in [-0.2, 0) is 21.2 Å². The molecule has 0 spiro atoms. The maximum Gasteiger partial charge on any atom is 0.293 e. The first-order chi connectivity index (χ1) is 26.6. The predicted molar refractivity (Wildman–Crippen MR) is 221 cm³/mol. The average molecular weight is 795 g/mol. The first-order valence-electron chi connectivity index (χ1n) is 17.7. The summed E-state index contributed by atoms with van der Waals surface area (Å²) in [4.78, 5) is 23.2. The zero-order valence-electron chi connectivity index (χ0n) is 30.0. The minimum Gasteiger partial charge on any atom is -0.379 e. The van der Waals surface area contributed by atoms with Gasteiger partial charge in [0.25, 0.3) is 15.7 Å². The average Bonchev–Trinajstić information content (AvgIpc) is 3.20. The van der Waals surface area contributed by atoms with E-state index >= 15 is 0 Å². The number of anilines is 3. The van der Waals surface area contributed by atoms with E-state index in [0.29, 0.717) is 28.2 Å². The Morgan fingerprint density at radius 2 is 1.67 bits per heavy atom. The van der Waals surface area contributed by atoms with Crippen molar-refractivity contribution in [2.24, 2.45) is 0 Å². The van der Waals surface area contributed by atoms with E-state index in [2.05, 4.69) is 43.1 Å². The number of piperidine rings is 1. The van der Waals surface area contributed by atoms with Crippen LogP contribution in [0.5, 0.6) is 0 Å². The maximum atomic E-state index is 13.6. The number of halogens is 1. The van der Waals surface area contributed by atoms with E-state index in [1.807, 2.05) is 72.8 Å². The van der Waals surface area contributed by atoms with Gasteiger partial charge in [-0.1, -0.05) is 66.2 Å². The molecule has 282 valence electrons. The second-order valence-electron chi connectivity index (χ2n) is 13.3. The molecule has 0 radical (unpaired) electrons. The number of ether oxygens (including phenoxy) is 1. The van der Waals surface area contributed by atoms with Crippen LogP contribution in [0.15, 0.2) is 131 Å². The van der Waals surface area contributed by atoms with Crippen LogP contribution < -0.4 is 14.9 Å². The Morgan fingerprint density at radius 1 is 0.927 bits per heavy atom. The third kappa shape index (κ3) is 8.86. The summed E-state index contributed by atoms with van der Waals surface area (Å²) in [6.45, 7) is 1.95. The van der Waals surface area contributed by atoms with Crippen LogP contribution in [0.3, 0.4) is 0 Å². The lowest BCUT2D eigenvalue weighted by atomic mass is 9.82. The third-order valence-electron chi connectivity index (χ3n) is 9.91. The lowest BCUT2D eigenvalue weighted by molar-refractivity contribution is -0.384. The molecule has 7 rings (SSSR count). The van der Waals surface area contributed by atoms with Crippen molar-refractivity contribution in [2.45, 2.75) is 34.7 Å². The van der Waals surface area contributed by atoms with Crippen LogP contribution in [0.1, 0.15) is 18.4 Å². The van der Waals surface area contributed by atoms with Gasteiger partial charge in [-0.2, -0.15) is 0 Å². The van der Waals surface area contributed by atoms with Gasteiger partial charge in [0.15, 0.2) is 5.82 Å². The molecule has 2 N–H and O–H groups in total.